The smallest absolute Gasteiger partial charge is 0.338 e. The van der Waals surface area contributed by atoms with Gasteiger partial charge in [0.1, 0.15) is 0 Å². The molecular formula is C40H34ClN3O3S. The maximum Gasteiger partial charge on any atom is 0.338 e. The van der Waals surface area contributed by atoms with Crippen molar-refractivity contribution in [2.24, 2.45) is 4.99 Å². The van der Waals surface area contributed by atoms with Crippen LogP contribution in [0.25, 0.3) is 22.7 Å². The van der Waals surface area contributed by atoms with Gasteiger partial charge in [-0.25, -0.2) is 9.79 Å². The summed E-state index contributed by atoms with van der Waals surface area (Å²) in [6, 6.07) is 33.0. The van der Waals surface area contributed by atoms with Crippen molar-refractivity contribution >= 4 is 51.6 Å². The predicted octanol–water partition coefficient (Wildman–Crippen LogP) is 7.72. The Hall–Kier alpha value is -4.98. The normalized spacial score (nSPS) is 14.8. The highest BCUT2D eigenvalue weighted by Crippen LogP contribution is 2.36. The number of nitrogens with zero attached hydrogens (tertiary/aromatic N) is 3. The molecule has 3 heterocycles. The zero-order valence-corrected chi connectivity index (χ0v) is 28.5. The fourth-order valence-corrected chi connectivity index (χ4v) is 7.48. The SMILES string of the molecule is CCOC(=O)C1=C(c2ccccc2)N=c2s/c(=C\c3cn(Cc4ccccc4Cl)c4ccccc34)c(=O)n2[C@@H]1c1ccc(C(C)C)cc1. The number of thiazole rings is 1. The molecular weight excluding hydrogens is 638 g/mol. The van der Waals surface area contributed by atoms with Crippen molar-refractivity contribution in [2.75, 3.05) is 6.61 Å². The van der Waals surface area contributed by atoms with E-state index >= 15 is 0 Å². The zero-order chi connectivity index (χ0) is 33.4. The number of carbonyl (C=O) groups is 1. The number of hydrogen-bond acceptors (Lipinski definition) is 5. The predicted molar refractivity (Wildman–Crippen MR) is 194 cm³/mol. The van der Waals surface area contributed by atoms with Crippen molar-refractivity contribution in [1.29, 1.82) is 0 Å². The van der Waals surface area contributed by atoms with Gasteiger partial charge in [0.05, 0.1) is 28.5 Å². The van der Waals surface area contributed by atoms with Crippen LogP contribution in [-0.4, -0.2) is 21.7 Å². The van der Waals surface area contributed by atoms with E-state index in [0.29, 0.717) is 38.1 Å². The topological polar surface area (TPSA) is 65.6 Å². The molecule has 240 valence electrons. The molecule has 6 nitrogen and oxygen atoms in total. The van der Waals surface area contributed by atoms with Crippen LogP contribution in [0.2, 0.25) is 5.02 Å². The van der Waals surface area contributed by atoms with Gasteiger partial charge < -0.3 is 9.30 Å². The lowest BCUT2D eigenvalue weighted by Crippen LogP contribution is -2.40. The number of benzene rings is 4. The van der Waals surface area contributed by atoms with Crippen molar-refractivity contribution in [1.82, 2.24) is 9.13 Å². The van der Waals surface area contributed by atoms with Crippen LogP contribution in [0.3, 0.4) is 0 Å². The molecule has 0 aliphatic carbocycles. The number of esters is 1. The van der Waals surface area contributed by atoms with Gasteiger partial charge in [0.25, 0.3) is 5.56 Å². The molecule has 0 fully saturated rings. The highest BCUT2D eigenvalue weighted by molar-refractivity contribution is 7.07. The number of rotatable bonds is 8. The average molecular weight is 672 g/mol. The fourth-order valence-electron chi connectivity index (χ4n) is 6.29. The Bertz CT molecular complexity index is 2370. The van der Waals surface area contributed by atoms with E-state index in [1.807, 2.05) is 84.9 Å². The Kier molecular flexibility index (Phi) is 8.73. The largest absolute Gasteiger partial charge is 0.463 e. The zero-order valence-electron chi connectivity index (χ0n) is 26.9. The van der Waals surface area contributed by atoms with E-state index < -0.39 is 12.0 Å². The minimum atomic E-state index is -0.722. The minimum absolute atomic E-state index is 0.200. The highest BCUT2D eigenvalue weighted by Gasteiger charge is 2.35. The summed E-state index contributed by atoms with van der Waals surface area (Å²) in [5.41, 5.74) is 6.36. The summed E-state index contributed by atoms with van der Waals surface area (Å²) in [6.45, 7) is 6.85. The van der Waals surface area contributed by atoms with Gasteiger partial charge in [0, 0.05) is 39.8 Å². The Morgan fingerprint density at radius 1 is 0.958 bits per heavy atom. The van der Waals surface area contributed by atoms with E-state index in [9.17, 15) is 9.59 Å². The number of hydrogen-bond donors (Lipinski definition) is 0. The summed E-state index contributed by atoms with van der Waals surface area (Å²) in [6.07, 6.45) is 4.00. The molecule has 0 unspecified atom stereocenters. The maximum atomic E-state index is 14.5. The van der Waals surface area contributed by atoms with E-state index in [-0.39, 0.29) is 12.2 Å². The van der Waals surface area contributed by atoms with Gasteiger partial charge in [0.15, 0.2) is 4.80 Å². The Morgan fingerprint density at radius 2 is 1.67 bits per heavy atom. The fraction of sp³-hybridized carbons (Fsp3) is 0.175. The Labute approximate surface area is 287 Å². The van der Waals surface area contributed by atoms with Crippen LogP contribution >= 0.6 is 22.9 Å². The number of carbonyl (C=O) groups excluding carboxylic acids is 1. The summed E-state index contributed by atoms with van der Waals surface area (Å²) in [5, 5.41) is 1.73. The van der Waals surface area contributed by atoms with Gasteiger partial charge in [-0.1, -0.05) is 128 Å². The van der Waals surface area contributed by atoms with Crippen LogP contribution in [0.5, 0.6) is 0 Å². The highest BCUT2D eigenvalue weighted by atomic mass is 35.5. The van der Waals surface area contributed by atoms with E-state index in [4.69, 9.17) is 21.3 Å². The van der Waals surface area contributed by atoms with Gasteiger partial charge in [0.2, 0.25) is 0 Å². The molecule has 0 saturated heterocycles. The summed E-state index contributed by atoms with van der Waals surface area (Å²) in [4.78, 5) is 33.8. The number of fused-ring (bicyclic) bond motifs is 2. The van der Waals surface area contributed by atoms with Crippen LogP contribution in [0.4, 0.5) is 0 Å². The molecule has 4 aromatic carbocycles. The van der Waals surface area contributed by atoms with E-state index in [2.05, 4.69) is 48.9 Å². The summed E-state index contributed by atoms with van der Waals surface area (Å²) >= 11 is 7.85. The lowest BCUT2D eigenvalue weighted by Gasteiger charge is -2.26. The maximum absolute atomic E-state index is 14.5. The number of para-hydroxylation sites is 1. The summed E-state index contributed by atoms with van der Waals surface area (Å²) in [5.74, 6) is -0.156. The first-order valence-electron chi connectivity index (χ1n) is 16.0. The molecule has 8 heteroatoms. The van der Waals surface area contributed by atoms with Crippen LogP contribution in [0, 0.1) is 0 Å². The van der Waals surface area contributed by atoms with Crippen LogP contribution in [-0.2, 0) is 16.1 Å². The van der Waals surface area contributed by atoms with Crippen molar-refractivity contribution in [3.05, 3.63) is 167 Å². The van der Waals surface area contributed by atoms with Gasteiger partial charge >= 0.3 is 5.97 Å². The van der Waals surface area contributed by atoms with Crippen LogP contribution in [0.1, 0.15) is 60.5 Å². The first-order chi connectivity index (χ1) is 23.3. The molecule has 1 aliphatic rings. The summed E-state index contributed by atoms with van der Waals surface area (Å²) in [7, 11) is 0. The second-order valence-electron chi connectivity index (χ2n) is 12.1. The molecule has 48 heavy (non-hydrogen) atoms. The molecule has 7 rings (SSSR count). The third-order valence-electron chi connectivity index (χ3n) is 8.70. The molecule has 0 N–H and O–H groups in total. The van der Waals surface area contributed by atoms with Crippen molar-refractivity contribution in [3.63, 3.8) is 0 Å². The first-order valence-corrected chi connectivity index (χ1v) is 17.2. The Morgan fingerprint density at radius 3 is 2.40 bits per heavy atom. The quantitative estimate of drug-likeness (QED) is 0.156. The van der Waals surface area contributed by atoms with Gasteiger partial charge in [-0.2, -0.15) is 0 Å². The second kappa shape index (κ2) is 13.3. The molecule has 0 spiro atoms. The standard InChI is InChI=1S/C40H34ClN3O3S/c1-4-47-39(46)35-36(27-12-6-5-7-13-27)42-40-44(37(35)28-20-18-26(19-21-28)25(2)3)38(45)34(48-40)22-30-24-43(33-17-11-9-15-31(30)33)23-29-14-8-10-16-32(29)41/h5-22,24-25,37H,4,23H2,1-3H3/b34-22-/t37-/m1/s1. The minimum Gasteiger partial charge on any atom is -0.463 e. The number of halogens is 1. The average Bonchev–Trinajstić information content (AvgIpc) is 3.61. The van der Waals surface area contributed by atoms with Gasteiger partial charge in [-0.05, 0) is 47.7 Å². The molecule has 0 saturated carbocycles. The lowest BCUT2D eigenvalue weighted by atomic mass is 9.91. The monoisotopic (exact) mass is 671 g/mol. The van der Waals surface area contributed by atoms with E-state index in [0.717, 1.165) is 33.2 Å². The van der Waals surface area contributed by atoms with Crippen molar-refractivity contribution in [3.8, 4) is 0 Å². The number of ether oxygens (including phenoxy) is 1. The van der Waals surface area contributed by atoms with E-state index in [1.54, 1.807) is 11.5 Å². The van der Waals surface area contributed by atoms with Crippen LogP contribution < -0.4 is 14.9 Å². The van der Waals surface area contributed by atoms with E-state index in [1.165, 1.54) is 16.9 Å². The molecule has 0 amide bonds. The molecule has 2 aromatic heterocycles. The Balaban J connectivity index is 1.45. The second-order valence-corrected chi connectivity index (χ2v) is 13.5. The van der Waals surface area contributed by atoms with Crippen LogP contribution in [0.15, 0.2) is 125 Å². The molecule has 1 atom stereocenters. The molecule has 0 radical (unpaired) electrons. The number of aromatic nitrogens is 2. The van der Waals surface area contributed by atoms with Crippen molar-refractivity contribution in [2.45, 2.75) is 39.3 Å². The lowest BCUT2D eigenvalue weighted by molar-refractivity contribution is -0.138. The van der Waals surface area contributed by atoms with Gasteiger partial charge in [-0.15, -0.1) is 0 Å². The molecule has 1 aliphatic heterocycles. The third-order valence-corrected chi connectivity index (χ3v) is 10.0. The molecule has 6 aromatic rings. The molecule has 0 bridgehead atoms. The van der Waals surface area contributed by atoms with Crippen molar-refractivity contribution < 1.29 is 9.53 Å². The summed E-state index contributed by atoms with van der Waals surface area (Å²) < 4.78 is 9.96. The van der Waals surface area contributed by atoms with Gasteiger partial charge in [-0.3, -0.25) is 9.36 Å². The third kappa shape index (κ3) is 5.84. The first kappa shape index (κ1) is 31.6.